The van der Waals surface area contributed by atoms with Crippen molar-refractivity contribution in [1.82, 2.24) is 9.62 Å². The molecule has 1 aromatic rings. The summed E-state index contributed by atoms with van der Waals surface area (Å²) in [4.78, 5) is 0.981. The first-order chi connectivity index (χ1) is 9.46. The van der Waals surface area contributed by atoms with Gasteiger partial charge in [-0.3, -0.25) is 0 Å². The highest BCUT2D eigenvalue weighted by molar-refractivity contribution is 7.89. The van der Waals surface area contributed by atoms with Crippen LogP contribution in [0, 0.1) is 22.9 Å². The Morgan fingerprint density at radius 2 is 1.71 bits per heavy atom. The molecule has 0 spiro atoms. The monoisotopic (exact) mass is 324 g/mol. The highest BCUT2D eigenvalue weighted by atomic mass is 32.2. The maximum atomic E-state index is 13.5. The standard InChI is InChI=1S/C13H19F3N2O2S/c1-13(2,8-18(3)4)7-17-21(19,20)10-6-5-9(14)11(15)12(10)16/h5-6,17H,7-8H2,1-4H3. The van der Waals surface area contributed by atoms with Crippen LogP contribution in [0.25, 0.3) is 0 Å². The lowest BCUT2D eigenvalue weighted by Crippen LogP contribution is -2.40. The van der Waals surface area contributed by atoms with Gasteiger partial charge in [0.15, 0.2) is 17.5 Å². The SMILES string of the molecule is CN(C)CC(C)(C)CNS(=O)(=O)c1ccc(F)c(F)c1F. The summed E-state index contributed by atoms with van der Waals surface area (Å²) in [5.41, 5.74) is -0.411. The van der Waals surface area contributed by atoms with Crippen LogP contribution < -0.4 is 4.72 Å². The van der Waals surface area contributed by atoms with Gasteiger partial charge in [0.25, 0.3) is 0 Å². The summed E-state index contributed by atoms with van der Waals surface area (Å²) in [5, 5.41) is 0. The van der Waals surface area contributed by atoms with Crippen molar-refractivity contribution in [2.75, 3.05) is 27.2 Å². The first-order valence-electron chi connectivity index (χ1n) is 6.24. The molecule has 0 saturated carbocycles. The lowest BCUT2D eigenvalue weighted by atomic mass is 9.93. The van der Waals surface area contributed by atoms with Crippen molar-refractivity contribution < 1.29 is 21.6 Å². The minimum atomic E-state index is -4.25. The molecule has 0 aliphatic heterocycles. The Balaban J connectivity index is 2.96. The number of nitrogens with zero attached hydrogens (tertiary/aromatic N) is 1. The molecule has 1 aromatic carbocycles. The van der Waals surface area contributed by atoms with E-state index < -0.39 is 37.8 Å². The third kappa shape index (κ3) is 4.69. The Labute approximate surface area is 123 Å². The molecule has 0 bridgehead atoms. The lowest BCUT2D eigenvalue weighted by Gasteiger charge is -2.28. The van der Waals surface area contributed by atoms with Crippen LogP contribution in [0.5, 0.6) is 0 Å². The van der Waals surface area contributed by atoms with Crippen LogP contribution in [0.4, 0.5) is 13.2 Å². The first kappa shape index (κ1) is 17.9. The summed E-state index contributed by atoms with van der Waals surface area (Å²) in [6.07, 6.45) is 0. The zero-order valence-corrected chi connectivity index (χ0v) is 13.2. The van der Waals surface area contributed by atoms with Gasteiger partial charge >= 0.3 is 0 Å². The van der Waals surface area contributed by atoms with E-state index in [2.05, 4.69) is 4.72 Å². The van der Waals surface area contributed by atoms with E-state index in [9.17, 15) is 21.6 Å². The Kier molecular flexibility index (Phi) is 5.40. The fourth-order valence-corrected chi connectivity index (χ4v) is 3.30. The molecular formula is C13H19F3N2O2S. The summed E-state index contributed by atoms with van der Waals surface area (Å²) >= 11 is 0. The Bertz CT molecular complexity index is 616. The lowest BCUT2D eigenvalue weighted by molar-refractivity contribution is 0.242. The zero-order chi connectivity index (χ0) is 16.4. The van der Waals surface area contributed by atoms with Crippen molar-refractivity contribution in [3.8, 4) is 0 Å². The van der Waals surface area contributed by atoms with Gasteiger partial charge in [-0.1, -0.05) is 13.8 Å². The second-order valence-electron chi connectivity index (χ2n) is 5.90. The number of hydrogen-bond donors (Lipinski definition) is 1. The van der Waals surface area contributed by atoms with Crippen LogP contribution in [0.1, 0.15) is 13.8 Å². The van der Waals surface area contributed by atoms with E-state index in [1.807, 2.05) is 32.8 Å². The Morgan fingerprint density at radius 1 is 1.14 bits per heavy atom. The second kappa shape index (κ2) is 6.33. The van der Waals surface area contributed by atoms with E-state index in [1.54, 1.807) is 0 Å². The van der Waals surface area contributed by atoms with E-state index >= 15 is 0 Å². The molecule has 120 valence electrons. The van der Waals surface area contributed by atoms with Gasteiger partial charge in [-0.15, -0.1) is 0 Å². The average Bonchev–Trinajstić information content (AvgIpc) is 2.32. The minimum absolute atomic E-state index is 0.0337. The second-order valence-corrected chi connectivity index (χ2v) is 7.64. The molecule has 1 N–H and O–H groups in total. The fourth-order valence-electron chi connectivity index (χ4n) is 2.00. The van der Waals surface area contributed by atoms with Gasteiger partial charge in [0, 0.05) is 13.1 Å². The number of rotatable bonds is 6. The van der Waals surface area contributed by atoms with Crippen molar-refractivity contribution in [1.29, 1.82) is 0 Å². The highest BCUT2D eigenvalue weighted by Crippen LogP contribution is 2.21. The van der Waals surface area contributed by atoms with Gasteiger partial charge in [-0.25, -0.2) is 26.3 Å². The maximum Gasteiger partial charge on any atom is 0.243 e. The predicted molar refractivity (Wildman–Crippen MR) is 73.8 cm³/mol. The van der Waals surface area contributed by atoms with Crippen molar-refractivity contribution in [3.05, 3.63) is 29.6 Å². The van der Waals surface area contributed by atoms with E-state index in [0.717, 1.165) is 0 Å². The van der Waals surface area contributed by atoms with Crippen molar-refractivity contribution in [2.24, 2.45) is 5.41 Å². The summed E-state index contributed by atoms with van der Waals surface area (Å²) in [6, 6.07) is 1.28. The number of sulfonamides is 1. The first-order valence-corrected chi connectivity index (χ1v) is 7.72. The average molecular weight is 324 g/mol. The zero-order valence-electron chi connectivity index (χ0n) is 12.4. The smallest absolute Gasteiger partial charge is 0.243 e. The van der Waals surface area contributed by atoms with Gasteiger partial charge < -0.3 is 4.90 Å². The fraction of sp³-hybridized carbons (Fsp3) is 0.538. The molecule has 0 amide bonds. The van der Waals surface area contributed by atoms with Crippen LogP contribution >= 0.6 is 0 Å². The number of nitrogens with one attached hydrogen (secondary N) is 1. The summed E-state index contributed by atoms with van der Waals surface area (Å²) in [5.74, 6) is -4.95. The van der Waals surface area contributed by atoms with Crippen LogP contribution in [-0.4, -0.2) is 40.5 Å². The molecule has 0 atom stereocenters. The molecule has 0 saturated heterocycles. The quantitative estimate of drug-likeness (QED) is 0.814. The molecule has 1 rings (SSSR count). The molecule has 0 fully saturated rings. The predicted octanol–water partition coefficient (Wildman–Crippen LogP) is 1.97. The van der Waals surface area contributed by atoms with E-state index in [1.165, 1.54) is 0 Å². The Hall–Kier alpha value is -1.12. The third-order valence-corrected chi connectivity index (χ3v) is 4.19. The van der Waals surface area contributed by atoms with Crippen LogP contribution in [0.3, 0.4) is 0 Å². The van der Waals surface area contributed by atoms with Crippen molar-refractivity contribution in [2.45, 2.75) is 18.7 Å². The van der Waals surface area contributed by atoms with Crippen molar-refractivity contribution in [3.63, 3.8) is 0 Å². The molecule has 0 aliphatic carbocycles. The summed E-state index contributed by atoms with van der Waals surface area (Å²) < 4.78 is 65.7. The molecule has 0 aliphatic rings. The third-order valence-electron chi connectivity index (χ3n) is 2.77. The van der Waals surface area contributed by atoms with Crippen molar-refractivity contribution >= 4 is 10.0 Å². The molecular weight excluding hydrogens is 305 g/mol. The van der Waals surface area contributed by atoms with E-state index in [0.29, 0.717) is 18.7 Å². The molecule has 0 radical (unpaired) electrons. The normalized spacial score (nSPS) is 13.0. The van der Waals surface area contributed by atoms with Gasteiger partial charge in [-0.05, 0) is 31.6 Å². The molecule has 8 heteroatoms. The summed E-state index contributed by atoms with van der Waals surface area (Å²) in [6.45, 7) is 4.29. The number of hydrogen-bond acceptors (Lipinski definition) is 3. The van der Waals surface area contributed by atoms with E-state index in [-0.39, 0.29) is 6.54 Å². The molecule has 0 aromatic heterocycles. The molecule has 0 heterocycles. The van der Waals surface area contributed by atoms with Crippen LogP contribution in [0.15, 0.2) is 17.0 Å². The van der Waals surface area contributed by atoms with Crippen LogP contribution in [0.2, 0.25) is 0 Å². The van der Waals surface area contributed by atoms with Gasteiger partial charge in [0.1, 0.15) is 4.90 Å². The minimum Gasteiger partial charge on any atom is -0.309 e. The topological polar surface area (TPSA) is 49.4 Å². The largest absolute Gasteiger partial charge is 0.309 e. The molecule has 21 heavy (non-hydrogen) atoms. The number of halogens is 3. The number of benzene rings is 1. The summed E-state index contributed by atoms with van der Waals surface area (Å²) in [7, 11) is -0.572. The Morgan fingerprint density at radius 3 is 2.24 bits per heavy atom. The van der Waals surface area contributed by atoms with Crippen LogP contribution in [-0.2, 0) is 10.0 Å². The van der Waals surface area contributed by atoms with Gasteiger partial charge in [-0.2, -0.15) is 0 Å². The molecule has 0 unspecified atom stereocenters. The van der Waals surface area contributed by atoms with Gasteiger partial charge in [0.05, 0.1) is 0 Å². The molecule has 4 nitrogen and oxygen atoms in total. The highest BCUT2D eigenvalue weighted by Gasteiger charge is 2.27. The maximum absolute atomic E-state index is 13.5. The van der Waals surface area contributed by atoms with E-state index in [4.69, 9.17) is 0 Å². The van der Waals surface area contributed by atoms with Gasteiger partial charge in [0.2, 0.25) is 10.0 Å².